The molecule has 7 heteroatoms. The summed E-state index contributed by atoms with van der Waals surface area (Å²) >= 11 is 0. The van der Waals surface area contributed by atoms with Crippen LogP contribution in [-0.2, 0) is 4.74 Å². The van der Waals surface area contributed by atoms with E-state index >= 15 is 0 Å². The Morgan fingerprint density at radius 2 is 2.04 bits per heavy atom. The molecule has 0 spiro atoms. The lowest BCUT2D eigenvalue weighted by Gasteiger charge is -2.27. The fraction of sp³-hybridized carbons (Fsp3) is 0.526. The van der Waals surface area contributed by atoms with Crippen molar-refractivity contribution in [3.05, 3.63) is 47.0 Å². The molecule has 0 radical (unpaired) electrons. The summed E-state index contributed by atoms with van der Waals surface area (Å²) in [7, 11) is -3.10. The van der Waals surface area contributed by atoms with Crippen molar-refractivity contribution < 1.29 is 24.4 Å². The average molecular weight is 380 g/mol. The summed E-state index contributed by atoms with van der Waals surface area (Å²) in [5.41, 5.74) is 1.09. The summed E-state index contributed by atoms with van der Waals surface area (Å²) < 4.78 is 5.73. The summed E-state index contributed by atoms with van der Waals surface area (Å²) in [6.07, 6.45) is 6.20. The molecule has 0 bridgehead atoms. The number of ether oxygens (including phenoxy) is 1. The van der Waals surface area contributed by atoms with Gasteiger partial charge in [-0.25, -0.2) is 14.6 Å². The molecule has 1 heterocycles. The molecule has 1 aliphatic heterocycles. The Labute approximate surface area is 154 Å². The monoisotopic (exact) mass is 380 g/mol. The number of carbonyl (C=O) groups is 1. The number of aromatic carboxylic acids is 1. The molecule has 2 fully saturated rings. The molecule has 26 heavy (non-hydrogen) atoms. The van der Waals surface area contributed by atoms with E-state index < -0.39 is 13.7 Å². The van der Waals surface area contributed by atoms with Crippen molar-refractivity contribution in [3.63, 3.8) is 0 Å². The van der Waals surface area contributed by atoms with Crippen molar-refractivity contribution in [1.82, 2.24) is 5.32 Å². The molecule has 1 aromatic rings. The molecule has 0 aromatic heterocycles. The highest BCUT2D eigenvalue weighted by atomic mass is 31.2. The van der Waals surface area contributed by atoms with Gasteiger partial charge in [-0.05, 0) is 36.5 Å². The van der Waals surface area contributed by atoms with Crippen LogP contribution in [0.15, 0.2) is 35.8 Å². The number of carboxylic acids is 1. The normalized spacial score (nSPS) is 23.6. The van der Waals surface area contributed by atoms with Crippen molar-refractivity contribution >= 4 is 13.7 Å². The van der Waals surface area contributed by atoms with E-state index in [-0.39, 0.29) is 11.6 Å². The molecule has 142 valence electrons. The van der Waals surface area contributed by atoms with E-state index in [1.165, 1.54) is 25.1 Å². The Hall–Kier alpha value is -1.46. The number of carboxylic acid groups (broad SMARTS) is 1. The van der Waals surface area contributed by atoms with Crippen molar-refractivity contribution in [3.8, 4) is 0 Å². The second kappa shape index (κ2) is 8.49. The lowest BCUT2D eigenvalue weighted by molar-refractivity contribution is 0.0696. The summed E-state index contributed by atoms with van der Waals surface area (Å²) in [4.78, 5) is 31.9. The van der Waals surface area contributed by atoms with Crippen LogP contribution in [0.1, 0.15) is 54.1 Å². The Bertz CT molecular complexity index is 660. The fourth-order valence-corrected chi connectivity index (χ4v) is 5.60. The van der Waals surface area contributed by atoms with E-state index in [9.17, 15) is 14.6 Å². The third kappa shape index (κ3) is 5.27. The molecule has 3 rings (SSSR count). The first kappa shape index (κ1) is 19.3. The van der Waals surface area contributed by atoms with Crippen LogP contribution in [0.5, 0.6) is 0 Å². The first-order chi connectivity index (χ1) is 12.4. The van der Waals surface area contributed by atoms with E-state index in [1.807, 2.05) is 6.07 Å². The maximum atomic E-state index is 11.1. The zero-order chi connectivity index (χ0) is 18.6. The van der Waals surface area contributed by atoms with Crippen LogP contribution in [-0.4, -0.2) is 40.2 Å². The third-order valence-electron chi connectivity index (χ3n) is 5.10. The van der Waals surface area contributed by atoms with Crippen molar-refractivity contribution in [2.24, 2.45) is 5.92 Å². The first-order valence-corrected chi connectivity index (χ1v) is 11.1. The van der Waals surface area contributed by atoms with E-state index in [1.54, 1.807) is 18.2 Å². The van der Waals surface area contributed by atoms with Crippen molar-refractivity contribution in [2.45, 2.75) is 38.1 Å². The highest BCUT2D eigenvalue weighted by Crippen LogP contribution is 2.55. The fourth-order valence-electron chi connectivity index (χ4n) is 3.74. The molecule has 2 aliphatic rings. The minimum Gasteiger partial charge on any atom is -0.491 e. The van der Waals surface area contributed by atoms with Gasteiger partial charge in [-0.3, -0.25) is 5.32 Å². The average Bonchev–Trinajstić information content (AvgIpc) is 2.62. The molecule has 6 nitrogen and oxygen atoms in total. The van der Waals surface area contributed by atoms with Crippen LogP contribution in [0.4, 0.5) is 0 Å². The minimum atomic E-state index is -3.10. The number of benzene rings is 1. The zero-order valence-corrected chi connectivity index (χ0v) is 15.7. The van der Waals surface area contributed by atoms with Gasteiger partial charge < -0.3 is 9.84 Å². The number of hydrogen-bond donors (Lipinski definition) is 4. The Balaban J connectivity index is 1.57. The molecular weight excluding hydrogens is 353 g/mol. The highest BCUT2D eigenvalue weighted by Gasteiger charge is 2.37. The number of rotatable bonds is 5. The molecule has 1 saturated heterocycles. The predicted octanol–water partition coefficient (Wildman–Crippen LogP) is 3.30. The molecule has 1 aliphatic carbocycles. The molecule has 1 atom stereocenters. The van der Waals surface area contributed by atoms with Gasteiger partial charge in [-0.15, -0.1) is 0 Å². The Kier molecular flexibility index (Phi) is 6.30. The molecule has 1 unspecified atom stereocenters. The second-order valence-electron chi connectivity index (χ2n) is 7.24. The number of nitrogens with one attached hydrogen (secondary N) is 1. The van der Waals surface area contributed by atoms with Crippen LogP contribution < -0.4 is 5.32 Å². The van der Waals surface area contributed by atoms with Gasteiger partial charge in [-0.1, -0.05) is 31.4 Å². The molecule has 1 saturated carbocycles. The summed E-state index contributed by atoms with van der Waals surface area (Å²) in [5.74, 6) is 1.51. The smallest absolute Gasteiger partial charge is 0.335 e. The van der Waals surface area contributed by atoms with Crippen LogP contribution >= 0.6 is 7.72 Å². The van der Waals surface area contributed by atoms with Crippen molar-refractivity contribution in [1.29, 1.82) is 0 Å². The van der Waals surface area contributed by atoms with E-state index in [0.717, 1.165) is 18.4 Å². The van der Waals surface area contributed by atoms with Gasteiger partial charge >= 0.3 is 5.97 Å². The highest BCUT2D eigenvalue weighted by molar-refractivity contribution is 7.67. The zero-order valence-electron chi connectivity index (χ0n) is 14.8. The van der Waals surface area contributed by atoms with E-state index in [2.05, 4.69) is 5.32 Å². The molecular formula is C19H27NO5P+. The second-order valence-corrected chi connectivity index (χ2v) is 9.44. The summed E-state index contributed by atoms with van der Waals surface area (Å²) in [6.45, 7) is 0.730. The van der Waals surface area contributed by atoms with Gasteiger partial charge in [0.1, 0.15) is 18.5 Å². The topological polar surface area (TPSA) is 99.0 Å². The third-order valence-corrected chi connectivity index (χ3v) is 6.85. The standard InChI is InChI=1S/C19H26NO5P/c21-19(22)16-8-4-7-15(9-16)18-11-25-17(10-20-18)13-26(23,24)12-14-5-2-1-3-6-14/h4,7-9,13-14,18,20,23-24H,1-3,5-6,10-12H2/p+1. The predicted molar refractivity (Wildman–Crippen MR) is 101 cm³/mol. The lowest BCUT2D eigenvalue weighted by atomic mass is 9.91. The van der Waals surface area contributed by atoms with Gasteiger partial charge in [0.25, 0.3) is 7.72 Å². The maximum Gasteiger partial charge on any atom is 0.335 e. The maximum absolute atomic E-state index is 11.1. The van der Waals surface area contributed by atoms with Gasteiger partial charge in [-0.2, -0.15) is 0 Å². The molecule has 4 N–H and O–H groups in total. The number of hydrogen-bond acceptors (Lipinski definition) is 5. The van der Waals surface area contributed by atoms with Crippen LogP contribution in [0.3, 0.4) is 0 Å². The van der Waals surface area contributed by atoms with Crippen LogP contribution in [0, 0.1) is 5.92 Å². The minimum absolute atomic E-state index is 0.116. The largest absolute Gasteiger partial charge is 0.491 e. The van der Waals surface area contributed by atoms with Crippen LogP contribution in [0.2, 0.25) is 0 Å². The number of morpholine rings is 1. The van der Waals surface area contributed by atoms with Crippen molar-refractivity contribution in [2.75, 3.05) is 19.3 Å². The lowest BCUT2D eigenvalue weighted by Crippen LogP contribution is -2.33. The molecule has 0 amide bonds. The quantitative estimate of drug-likeness (QED) is 0.585. The van der Waals surface area contributed by atoms with Gasteiger partial charge in [0.2, 0.25) is 0 Å². The van der Waals surface area contributed by atoms with E-state index in [0.29, 0.717) is 31.0 Å². The first-order valence-electron chi connectivity index (χ1n) is 9.17. The van der Waals surface area contributed by atoms with Gasteiger partial charge in [0.05, 0.1) is 18.2 Å². The summed E-state index contributed by atoms with van der Waals surface area (Å²) in [5, 5.41) is 12.4. The van der Waals surface area contributed by atoms with Crippen LogP contribution in [0.25, 0.3) is 0 Å². The molecule has 1 aromatic carbocycles. The SMILES string of the molecule is O=C(O)c1cccc(C2COC(=C[P+](O)(O)CC3CCCCC3)CN2)c1. The Morgan fingerprint density at radius 1 is 1.27 bits per heavy atom. The Morgan fingerprint density at radius 3 is 2.69 bits per heavy atom. The van der Waals surface area contributed by atoms with Gasteiger partial charge in [0, 0.05) is 0 Å². The van der Waals surface area contributed by atoms with E-state index in [4.69, 9.17) is 9.84 Å². The summed E-state index contributed by atoms with van der Waals surface area (Å²) in [6, 6.07) is 6.66. The van der Waals surface area contributed by atoms with Gasteiger partial charge in [0.15, 0.2) is 5.82 Å².